The first-order valence-corrected chi connectivity index (χ1v) is 7.93. The Morgan fingerprint density at radius 3 is 2.44 bits per heavy atom. The molecule has 0 aliphatic heterocycles. The monoisotopic (exact) mass is 398 g/mol. The van der Waals surface area contributed by atoms with Gasteiger partial charge in [-0.3, -0.25) is 10.2 Å². The molecule has 2 aromatic rings. The minimum atomic E-state index is -4.59. The molecule has 27 heavy (non-hydrogen) atoms. The lowest BCUT2D eigenvalue weighted by Crippen LogP contribution is -2.15. The number of nitrogens with zero attached hydrogens (tertiary/aromatic N) is 3. The van der Waals surface area contributed by atoms with Crippen LogP contribution in [0.25, 0.3) is 0 Å². The van der Waals surface area contributed by atoms with E-state index in [1.165, 1.54) is 6.07 Å². The highest BCUT2D eigenvalue weighted by Gasteiger charge is 2.33. The molecular formula is C17H14ClF3N4O2. The quantitative estimate of drug-likeness (QED) is 0.453. The number of rotatable bonds is 4. The van der Waals surface area contributed by atoms with Gasteiger partial charge in [-0.2, -0.15) is 23.5 Å². The molecule has 0 spiro atoms. The van der Waals surface area contributed by atoms with Gasteiger partial charge in [-0.05, 0) is 18.2 Å². The average Bonchev–Trinajstić information content (AvgIpc) is 3.04. The van der Waals surface area contributed by atoms with Crippen LogP contribution in [0.3, 0.4) is 0 Å². The van der Waals surface area contributed by atoms with E-state index in [2.05, 4.69) is 15.7 Å². The van der Waals surface area contributed by atoms with E-state index >= 15 is 0 Å². The van der Waals surface area contributed by atoms with Crippen molar-refractivity contribution in [3.8, 4) is 6.07 Å². The number of aromatic nitrogens is 1. The van der Waals surface area contributed by atoms with Crippen molar-refractivity contribution < 1.29 is 22.5 Å². The summed E-state index contributed by atoms with van der Waals surface area (Å²) in [6.45, 7) is 5.57. The van der Waals surface area contributed by atoms with E-state index in [9.17, 15) is 18.0 Å². The van der Waals surface area contributed by atoms with Crippen molar-refractivity contribution in [2.24, 2.45) is 5.10 Å². The number of carbonyl (C=O) groups is 1. The Kier molecular flexibility index (Phi) is 5.61. The molecule has 10 heteroatoms. The first-order valence-electron chi connectivity index (χ1n) is 7.56. The van der Waals surface area contributed by atoms with E-state index in [1.807, 2.05) is 20.8 Å². The Bertz CT molecular complexity index is 937. The molecule has 1 N–H and O–H groups in total. The van der Waals surface area contributed by atoms with E-state index in [0.717, 1.165) is 18.2 Å². The largest absolute Gasteiger partial charge is 0.417 e. The Labute approximate surface area is 157 Å². The number of anilines is 1. The minimum absolute atomic E-state index is 0.0732. The smallest absolute Gasteiger partial charge is 0.360 e. The van der Waals surface area contributed by atoms with Crippen molar-refractivity contribution in [3.05, 3.63) is 46.3 Å². The van der Waals surface area contributed by atoms with Crippen LogP contribution < -0.4 is 5.43 Å². The zero-order chi connectivity index (χ0) is 20.4. The highest BCUT2D eigenvalue weighted by Crippen LogP contribution is 2.35. The number of Topliss-reactive ketones (excluding diaryl/α,β-unsaturated/α-hetero) is 1. The molecule has 0 atom stereocenters. The van der Waals surface area contributed by atoms with Crippen molar-refractivity contribution in [1.29, 1.82) is 5.26 Å². The molecule has 1 heterocycles. The van der Waals surface area contributed by atoms with Gasteiger partial charge in [-0.1, -0.05) is 37.5 Å². The topological polar surface area (TPSA) is 91.3 Å². The van der Waals surface area contributed by atoms with Crippen LogP contribution >= 0.6 is 11.6 Å². The maximum absolute atomic E-state index is 12.7. The predicted molar refractivity (Wildman–Crippen MR) is 92.7 cm³/mol. The van der Waals surface area contributed by atoms with Crippen LogP contribution in [0.4, 0.5) is 18.9 Å². The molecule has 0 aliphatic carbocycles. The molecule has 2 rings (SSSR count). The van der Waals surface area contributed by atoms with E-state index in [4.69, 9.17) is 21.4 Å². The Hall–Kier alpha value is -2.86. The van der Waals surface area contributed by atoms with E-state index < -0.39 is 28.3 Å². The first-order chi connectivity index (χ1) is 12.4. The molecule has 0 saturated heterocycles. The van der Waals surface area contributed by atoms with Gasteiger partial charge in [0.15, 0.2) is 5.69 Å². The number of halogens is 4. The van der Waals surface area contributed by atoms with Crippen molar-refractivity contribution in [3.63, 3.8) is 0 Å². The average molecular weight is 399 g/mol. The fraction of sp³-hybridized carbons (Fsp3) is 0.294. The molecule has 0 aliphatic rings. The fourth-order valence-corrected chi connectivity index (χ4v) is 2.21. The van der Waals surface area contributed by atoms with Gasteiger partial charge in [-0.25, -0.2) is 0 Å². The standard InChI is InChI=1S/C17H14ClF3N4O2/c1-16(2,3)14-7-12(25-27-14)15(26)13(8-22)24-23-9-4-5-10(11(18)6-9)17(19,20)21/h4-7,23H,1-3H3/b24-13+. The summed E-state index contributed by atoms with van der Waals surface area (Å²) in [7, 11) is 0. The normalized spacial score (nSPS) is 12.6. The van der Waals surface area contributed by atoms with Gasteiger partial charge in [0.2, 0.25) is 11.5 Å². The van der Waals surface area contributed by atoms with Crippen molar-refractivity contribution >= 4 is 28.8 Å². The highest BCUT2D eigenvalue weighted by atomic mass is 35.5. The predicted octanol–water partition coefficient (Wildman–Crippen LogP) is 4.82. The third-order valence-corrected chi connectivity index (χ3v) is 3.69. The maximum atomic E-state index is 12.7. The van der Waals surface area contributed by atoms with Gasteiger partial charge < -0.3 is 4.52 Å². The number of nitrogens with one attached hydrogen (secondary N) is 1. The van der Waals surface area contributed by atoms with Gasteiger partial charge in [0.25, 0.3) is 0 Å². The highest BCUT2D eigenvalue weighted by molar-refractivity contribution is 6.51. The van der Waals surface area contributed by atoms with Gasteiger partial charge in [0, 0.05) is 11.5 Å². The summed E-state index contributed by atoms with van der Waals surface area (Å²) >= 11 is 5.60. The number of hydrogen-bond donors (Lipinski definition) is 1. The summed E-state index contributed by atoms with van der Waals surface area (Å²) < 4.78 is 43.2. The van der Waals surface area contributed by atoms with Crippen LogP contribution in [-0.4, -0.2) is 16.7 Å². The van der Waals surface area contributed by atoms with Crippen LogP contribution in [0.2, 0.25) is 5.02 Å². The number of alkyl halides is 3. The van der Waals surface area contributed by atoms with Crippen molar-refractivity contribution in [2.75, 3.05) is 5.43 Å². The summed E-state index contributed by atoms with van der Waals surface area (Å²) in [5.74, 6) is -0.340. The third kappa shape index (κ3) is 4.86. The van der Waals surface area contributed by atoms with Crippen LogP contribution in [0.1, 0.15) is 42.6 Å². The minimum Gasteiger partial charge on any atom is -0.360 e. The second-order valence-electron chi connectivity index (χ2n) is 6.53. The molecule has 0 unspecified atom stereocenters. The maximum Gasteiger partial charge on any atom is 0.417 e. The Morgan fingerprint density at radius 1 is 1.30 bits per heavy atom. The Balaban J connectivity index is 2.22. The Morgan fingerprint density at radius 2 is 1.96 bits per heavy atom. The number of benzene rings is 1. The summed E-state index contributed by atoms with van der Waals surface area (Å²) in [6.07, 6.45) is -4.59. The SMILES string of the molecule is CC(C)(C)c1cc(C(=O)/C(C#N)=N/Nc2ccc(C(F)(F)F)c(Cl)c2)no1. The molecule has 1 aromatic carbocycles. The van der Waals surface area contributed by atoms with Crippen molar-refractivity contribution in [1.82, 2.24) is 5.16 Å². The number of hydrogen-bond acceptors (Lipinski definition) is 6. The number of hydrazone groups is 1. The number of carbonyl (C=O) groups excluding carboxylic acids is 1. The van der Waals surface area contributed by atoms with Crippen LogP contribution in [0, 0.1) is 11.3 Å². The molecule has 1 aromatic heterocycles. The first kappa shape index (κ1) is 20.5. The second kappa shape index (κ2) is 7.40. The molecule has 6 nitrogen and oxygen atoms in total. The zero-order valence-electron chi connectivity index (χ0n) is 14.5. The van der Waals surface area contributed by atoms with Crippen molar-refractivity contribution in [2.45, 2.75) is 32.4 Å². The summed E-state index contributed by atoms with van der Waals surface area (Å²) in [6, 6.07) is 5.85. The molecule has 142 valence electrons. The summed E-state index contributed by atoms with van der Waals surface area (Å²) in [4.78, 5) is 12.3. The molecule has 0 radical (unpaired) electrons. The van der Waals surface area contributed by atoms with E-state index in [-0.39, 0.29) is 16.8 Å². The van der Waals surface area contributed by atoms with Gasteiger partial charge in [-0.15, -0.1) is 0 Å². The van der Waals surface area contributed by atoms with Gasteiger partial charge >= 0.3 is 6.18 Å². The van der Waals surface area contributed by atoms with E-state index in [1.54, 1.807) is 6.07 Å². The van der Waals surface area contributed by atoms with Gasteiger partial charge in [0.05, 0.1) is 16.3 Å². The number of ketones is 1. The summed E-state index contributed by atoms with van der Waals surface area (Å²) in [5, 5.41) is 15.8. The van der Waals surface area contributed by atoms with E-state index in [0.29, 0.717) is 5.76 Å². The second-order valence-corrected chi connectivity index (χ2v) is 6.94. The van der Waals surface area contributed by atoms with Crippen LogP contribution in [0.15, 0.2) is 33.9 Å². The molecule has 0 bridgehead atoms. The molecule has 0 amide bonds. The molecule has 0 fully saturated rings. The number of nitriles is 1. The molecule has 0 saturated carbocycles. The lowest BCUT2D eigenvalue weighted by Gasteiger charge is -2.12. The third-order valence-electron chi connectivity index (χ3n) is 3.37. The zero-order valence-corrected chi connectivity index (χ0v) is 15.2. The lowest BCUT2D eigenvalue weighted by atomic mass is 9.93. The lowest BCUT2D eigenvalue weighted by molar-refractivity contribution is -0.137. The van der Waals surface area contributed by atoms with Crippen LogP contribution in [-0.2, 0) is 11.6 Å². The summed E-state index contributed by atoms with van der Waals surface area (Å²) in [5.41, 5.74) is 0.373. The van der Waals surface area contributed by atoms with Gasteiger partial charge in [0.1, 0.15) is 11.8 Å². The van der Waals surface area contributed by atoms with Crippen LogP contribution in [0.5, 0.6) is 0 Å². The fourth-order valence-electron chi connectivity index (χ4n) is 1.92. The molecular weight excluding hydrogens is 385 g/mol.